The number of nitriles is 1. The van der Waals surface area contributed by atoms with Crippen LogP contribution < -0.4 is 10.2 Å². The molecule has 3 aromatic rings. The van der Waals surface area contributed by atoms with Gasteiger partial charge < -0.3 is 14.8 Å². The molecule has 0 aliphatic heterocycles. The van der Waals surface area contributed by atoms with Crippen LogP contribution in [-0.2, 0) is 14.3 Å². The van der Waals surface area contributed by atoms with Crippen LogP contribution >= 0.6 is 0 Å². The van der Waals surface area contributed by atoms with E-state index in [1.54, 1.807) is 32.9 Å². The molecule has 0 unspecified atom stereocenters. The van der Waals surface area contributed by atoms with Crippen molar-refractivity contribution in [3.05, 3.63) is 42.2 Å². The van der Waals surface area contributed by atoms with Crippen LogP contribution in [0.4, 0.5) is 23.8 Å². The number of pyridine rings is 2. The highest BCUT2D eigenvalue weighted by atomic mass is 19.4. The highest BCUT2D eigenvalue weighted by Gasteiger charge is 2.43. The fourth-order valence-electron chi connectivity index (χ4n) is 3.65. The van der Waals surface area contributed by atoms with Gasteiger partial charge in [-0.1, -0.05) is 6.07 Å². The van der Waals surface area contributed by atoms with Crippen molar-refractivity contribution in [3.8, 4) is 6.07 Å². The number of alkyl halides is 3. The molecule has 0 radical (unpaired) electrons. The summed E-state index contributed by atoms with van der Waals surface area (Å²) in [6.45, 7) is 5.25. The molecule has 0 aliphatic rings. The maximum atomic E-state index is 13.5. The third kappa shape index (κ3) is 7.52. The van der Waals surface area contributed by atoms with Gasteiger partial charge in [-0.2, -0.15) is 18.4 Å². The van der Waals surface area contributed by atoms with Crippen molar-refractivity contribution in [1.29, 1.82) is 5.26 Å². The number of unbranched alkanes of at least 4 members (excludes halogenated alkanes) is 1. The van der Waals surface area contributed by atoms with Crippen LogP contribution in [0, 0.1) is 11.3 Å². The molecule has 0 bridgehead atoms. The number of alkyl carbamates (subject to hydrolysis) is 1. The smallest absolute Gasteiger partial charge is 0.444 e. The number of hydrogen-bond donors (Lipinski definition) is 1. The zero-order valence-corrected chi connectivity index (χ0v) is 21.3. The first-order chi connectivity index (χ1) is 17.9. The Bertz CT molecular complexity index is 1350. The number of rotatable bonds is 9. The minimum absolute atomic E-state index is 0.175. The number of nitrogens with one attached hydrogen (secondary N) is 1. The van der Waals surface area contributed by atoms with Crippen LogP contribution in [0.3, 0.4) is 0 Å². The number of anilines is 1. The lowest BCUT2D eigenvalue weighted by Crippen LogP contribution is -2.43. The number of amides is 2. The van der Waals surface area contributed by atoms with Gasteiger partial charge in [0.05, 0.1) is 30.3 Å². The van der Waals surface area contributed by atoms with Gasteiger partial charge in [0.15, 0.2) is 0 Å². The molecule has 2 amide bonds. The van der Waals surface area contributed by atoms with E-state index >= 15 is 0 Å². The van der Waals surface area contributed by atoms with Crippen molar-refractivity contribution >= 4 is 39.5 Å². The van der Waals surface area contributed by atoms with E-state index in [1.807, 2.05) is 6.07 Å². The SMILES string of the molecule is CC(C)(C)OC(=O)NCCCCOCCN(C(=O)C(F)(F)F)c1nc2cc(C#N)ccc2c2cnccc12. The van der Waals surface area contributed by atoms with E-state index in [-0.39, 0.29) is 30.1 Å². The average molecular weight is 532 g/mol. The van der Waals surface area contributed by atoms with Crippen LogP contribution in [0.5, 0.6) is 0 Å². The highest BCUT2D eigenvalue weighted by molar-refractivity contribution is 6.13. The summed E-state index contributed by atoms with van der Waals surface area (Å²) in [6.07, 6.45) is -1.70. The van der Waals surface area contributed by atoms with E-state index < -0.39 is 30.3 Å². The normalized spacial score (nSPS) is 11.8. The quantitative estimate of drug-likeness (QED) is 0.309. The number of benzene rings is 1. The summed E-state index contributed by atoms with van der Waals surface area (Å²) in [6, 6.07) is 8.13. The molecule has 0 saturated carbocycles. The van der Waals surface area contributed by atoms with Crippen molar-refractivity contribution in [2.75, 3.05) is 31.2 Å². The maximum absolute atomic E-state index is 13.5. The monoisotopic (exact) mass is 531 g/mol. The van der Waals surface area contributed by atoms with E-state index in [1.165, 1.54) is 24.5 Å². The molecule has 2 aromatic heterocycles. The van der Waals surface area contributed by atoms with Gasteiger partial charge in [-0.05, 0) is 51.8 Å². The highest BCUT2D eigenvalue weighted by Crippen LogP contribution is 2.33. The second-order valence-corrected chi connectivity index (χ2v) is 9.40. The van der Waals surface area contributed by atoms with Crippen LogP contribution in [0.15, 0.2) is 36.7 Å². The molecule has 0 aliphatic carbocycles. The number of carbonyl (C=O) groups is 2. The Morgan fingerprint density at radius 3 is 2.53 bits per heavy atom. The Morgan fingerprint density at radius 2 is 1.84 bits per heavy atom. The Morgan fingerprint density at radius 1 is 1.08 bits per heavy atom. The molecule has 1 aromatic carbocycles. The topological polar surface area (TPSA) is 117 Å². The second kappa shape index (κ2) is 12.0. The van der Waals surface area contributed by atoms with Crippen molar-refractivity contribution in [1.82, 2.24) is 15.3 Å². The molecular formula is C26H28F3N5O4. The summed E-state index contributed by atoms with van der Waals surface area (Å²) >= 11 is 0. The van der Waals surface area contributed by atoms with Gasteiger partial charge in [-0.25, -0.2) is 9.78 Å². The standard InChI is InChI=1S/C26H28F3N5O4/c1-25(2,3)38-24(36)32-9-4-5-12-37-13-11-34(23(35)26(27,28)29)22-19-8-10-31-16-20(19)18-7-6-17(15-30)14-21(18)33-22/h6-8,10,14,16H,4-5,9,11-13H2,1-3H3,(H,32,36). The lowest BCUT2D eigenvalue weighted by molar-refractivity contribution is -0.170. The van der Waals surface area contributed by atoms with Gasteiger partial charge in [0, 0.05) is 41.7 Å². The Balaban J connectivity index is 1.71. The largest absolute Gasteiger partial charge is 0.471 e. The lowest BCUT2D eigenvalue weighted by atomic mass is 10.1. The first kappa shape index (κ1) is 28.6. The summed E-state index contributed by atoms with van der Waals surface area (Å²) in [7, 11) is 0. The van der Waals surface area contributed by atoms with Gasteiger partial charge in [0.2, 0.25) is 0 Å². The van der Waals surface area contributed by atoms with E-state index in [4.69, 9.17) is 9.47 Å². The number of carbonyl (C=O) groups excluding carboxylic acids is 2. The van der Waals surface area contributed by atoms with E-state index in [2.05, 4.69) is 15.3 Å². The van der Waals surface area contributed by atoms with Crippen molar-refractivity contribution in [2.24, 2.45) is 0 Å². The van der Waals surface area contributed by atoms with Gasteiger partial charge in [0.1, 0.15) is 11.4 Å². The molecule has 9 nitrogen and oxygen atoms in total. The molecule has 12 heteroatoms. The van der Waals surface area contributed by atoms with Crippen LogP contribution in [0.2, 0.25) is 0 Å². The number of ether oxygens (including phenoxy) is 2. The average Bonchev–Trinajstić information content (AvgIpc) is 2.85. The third-order valence-corrected chi connectivity index (χ3v) is 5.29. The molecule has 2 heterocycles. The molecular weight excluding hydrogens is 503 g/mol. The fraction of sp³-hybridized carbons (Fsp3) is 0.423. The molecule has 0 fully saturated rings. The zero-order valence-electron chi connectivity index (χ0n) is 21.3. The fourth-order valence-corrected chi connectivity index (χ4v) is 3.65. The maximum Gasteiger partial charge on any atom is 0.471 e. The lowest BCUT2D eigenvalue weighted by Gasteiger charge is -2.24. The first-order valence-electron chi connectivity index (χ1n) is 11.9. The van der Waals surface area contributed by atoms with Crippen LogP contribution in [0.1, 0.15) is 39.2 Å². The molecule has 38 heavy (non-hydrogen) atoms. The number of fused-ring (bicyclic) bond motifs is 3. The van der Waals surface area contributed by atoms with Gasteiger partial charge in [-0.15, -0.1) is 0 Å². The van der Waals surface area contributed by atoms with E-state index in [9.17, 15) is 28.0 Å². The second-order valence-electron chi connectivity index (χ2n) is 9.40. The third-order valence-electron chi connectivity index (χ3n) is 5.29. The van der Waals surface area contributed by atoms with Crippen molar-refractivity contribution in [2.45, 2.75) is 45.4 Å². The Hall–Kier alpha value is -3.98. The summed E-state index contributed by atoms with van der Waals surface area (Å²) < 4.78 is 51.2. The Kier molecular flexibility index (Phi) is 9.06. The number of aromatic nitrogens is 2. The van der Waals surface area contributed by atoms with Crippen LogP contribution in [-0.4, -0.2) is 60.0 Å². The minimum atomic E-state index is -5.14. The minimum Gasteiger partial charge on any atom is -0.444 e. The molecule has 0 spiro atoms. The van der Waals surface area contributed by atoms with E-state index in [0.29, 0.717) is 40.4 Å². The van der Waals surface area contributed by atoms with Gasteiger partial charge in [-0.3, -0.25) is 14.7 Å². The van der Waals surface area contributed by atoms with Crippen molar-refractivity contribution in [3.63, 3.8) is 0 Å². The van der Waals surface area contributed by atoms with Crippen molar-refractivity contribution < 1.29 is 32.2 Å². The molecule has 1 N–H and O–H groups in total. The summed E-state index contributed by atoms with van der Waals surface area (Å²) in [4.78, 5) is 33.0. The number of nitrogens with zero attached hydrogens (tertiary/aromatic N) is 4. The van der Waals surface area contributed by atoms with Crippen LogP contribution in [0.25, 0.3) is 21.7 Å². The number of halogens is 3. The molecule has 0 atom stereocenters. The summed E-state index contributed by atoms with van der Waals surface area (Å²) in [5.41, 5.74) is -0.0672. The van der Waals surface area contributed by atoms with Gasteiger partial charge >= 0.3 is 18.2 Å². The number of hydrogen-bond acceptors (Lipinski definition) is 7. The Labute approximate surface area is 217 Å². The first-order valence-corrected chi connectivity index (χ1v) is 11.9. The van der Waals surface area contributed by atoms with Gasteiger partial charge in [0.25, 0.3) is 0 Å². The summed E-state index contributed by atoms with van der Waals surface area (Å²) in [5.74, 6) is -2.28. The zero-order chi connectivity index (χ0) is 27.9. The predicted molar refractivity (Wildman–Crippen MR) is 134 cm³/mol. The molecule has 0 saturated heterocycles. The predicted octanol–water partition coefficient (Wildman–Crippen LogP) is 4.87. The van der Waals surface area contributed by atoms with E-state index in [0.717, 1.165) is 0 Å². The molecule has 3 rings (SSSR count). The summed E-state index contributed by atoms with van der Waals surface area (Å²) in [5, 5.41) is 13.2. The molecule has 202 valence electrons.